The minimum absolute atomic E-state index is 0.604. The average molecular weight is 250 g/mol. The lowest BCUT2D eigenvalue weighted by Gasteiger charge is -2.26. The van der Waals surface area contributed by atoms with Gasteiger partial charge in [0, 0.05) is 12.4 Å². The molecule has 0 saturated carbocycles. The Hall–Kier alpha value is -1.13. The predicted molar refractivity (Wildman–Crippen MR) is 71.1 cm³/mol. The van der Waals surface area contributed by atoms with Gasteiger partial charge in [-0.3, -0.25) is 0 Å². The van der Waals surface area contributed by atoms with Gasteiger partial charge in [-0.25, -0.2) is 4.98 Å². The lowest BCUT2D eigenvalue weighted by Crippen LogP contribution is -2.32. The summed E-state index contributed by atoms with van der Waals surface area (Å²) in [5.41, 5.74) is -0.632. The number of hydrogen-bond donors (Lipinski definition) is 1. The first-order valence-corrected chi connectivity index (χ1v) is 6.84. The second kappa shape index (κ2) is 5.02. The highest BCUT2D eigenvalue weighted by molar-refractivity contribution is 7.13. The Balaban J connectivity index is 2.26. The van der Waals surface area contributed by atoms with Crippen molar-refractivity contribution >= 4 is 11.3 Å². The minimum Gasteiger partial charge on any atom is -0.388 e. The van der Waals surface area contributed by atoms with Crippen molar-refractivity contribution in [2.45, 2.75) is 38.8 Å². The predicted octanol–water partition coefficient (Wildman–Crippen LogP) is 3.16. The van der Waals surface area contributed by atoms with Crippen LogP contribution in [-0.4, -0.2) is 20.3 Å². The molecule has 0 bridgehead atoms. The number of aromatic nitrogens is 2. The van der Waals surface area contributed by atoms with Crippen molar-refractivity contribution in [3.05, 3.63) is 29.9 Å². The smallest absolute Gasteiger partial charge is 0.150 e. The number of rotatable bonds is 5. The molecule has 0 aliphatic carbocycles. The van der Waals surface area contributed by atoms with Crippen LogP contribution in [0.3, 0.4) is 0 Å². The number of hydrogen-bond acceptors (Lipinski definition) is 3. The van der Waals surface area contributed by atoms with Gasteiger partial charge in [0.25, 0.3) is 0 Å². The lowest BCUT2D eigenvalue weighted by atomic mass is 9.97. The third-order valence-corrected chi connectivity index (χ3v) is 4.10. The normalized spacial score (nSPS) is 11.9. The molecule has 0 saturated heterocycles. The van der Waals surface area contributed by atoms with Crippen molar-refractivity contribution in [3.8, 4) is 10.7 Å². The molecule has 1 N–H and O–H groups in total. The largest absolute Gasteiger partial charge is 0.388 e. The van der Waals surface area contributed by atoms with E-state index in [4.69, 9.17) is 0 Å². The SMILES string of the molecule is CCC(O)(CC)Cn1ccnc1-c1cccs1. The summed E-state index contributed by atoms with van der Waals surface area (Å²) in [4.78, 5) is 5.52. The number of imidazole rings is 1. The van der Waals surface area contributed by atoms with E-state index in [-0.39, 0.29) is 0 Å². The molecule has 2 aromatic rings. The van der Waals surface area contributed by atoms with Gasteiger partial charge in [0.1, 0.15) is 5.82 Å². The highest BCUT2D eigenvalue weighted by Crippen LogP contribution is 2.25. The van der Waals surface area contributed by atoms with Gasteiger partial charge >= 0.3 is 0 Å². The molecule has 0 aromatic carbocycles. The molecule has 0 fully saturated rings. The number of thiophene rings is 1. The third-order valence-electron chi connectivity index (χ3n) is 3.24. The summed E-state index contributed by atoms with van der Waals surface area (Å²) >= 11 is 1.67. The zero-order valence-corrected chi connectivity index (χ0v) is 11.1. The minimum atomic E-state index is -0.632. The molecule has 92 valence electrons. The van der Waals surface area contributed by atoms with Gasteiger partial charge in [-0.2, -0.15) is 0 Å². The van der Waals surface area contributed by atoms with Crippen molar-refractivity contribution in [2.24, 2.45) is 0 Å². The molecule has 0 spiro atoms. The fourth-order valence-electron chi connectivity index (χ4n) is 1.86. The lowest BCUT2D eigenvalue weighted by molar-refractivity contribution is 0.0155. The van der Waals surface area contributed by atoms with E-state index < -0.39 is 5.60 Å². The summed E-state index contributed by atoms with van der Waals surface area (Å²) in [7, 11) is 0. The van der Waals surface area contributed by atoms with Crippen LogP contribution >= 0.6 is 11.3 Å². The first-order valence-electron chi connectivity index (χ1n) is 5.96. The number of nitrogens with zero attached hydrogens (tertiary/aromatic N) is 2. The molecular formula is C13H18N2OS. The van der Waals surface area contributed by atoms with E-state index in [0.29, 0.717) is 6.54 Å². The zero-order valence-electron chi connectivity index (χ0n) is 10.3. The zero-order chi connectivity index (χ0) is 12.3. The van der Waals surface area contributed by atoms with Gasteiger partial charge in [-0.1, -0.05) is 19.9 Å². The average Bonchev–Trinajstić information content (AvgIpc) is 2.98. The van der Waals surface area contributed by atoms with Crippen molar-refractivity contribution in [1.29, 1.82) is 0 Å². The summed E-state index contributed by atoms with van der Waals surface area (Å²) < 4.78 is 2.04. The second-order valence-corrected chi connectivity index (χ2v) is 5.24. The summed E-state index contributed by atoms with van der Waals surface area (Å²) in [6.07, 6.45) is 5.24. The molecule has 2 aromatic heterocycles. The highest BCUT2D eigenvalue weighted by atomic mass is 32.1. The molecule has 0 aliphatic rings. The molecule has 3 nitrogen and oxygen atoms in total. The van der Waals surface area contributed by atoms with Gasteiger partial charge in [-0.05, 0) is 24.3 Å². The van der Waals surface area contributed by atoms with Gasteiger partial charge in [-0.15, -0.1) is 11.3 Å². The highest BCUT2D eigenvalue weighted by Gasteiger charge is 2.24. The molecule has 0 amide bonds. The molecular weight excluding hydrogens is 232 g/mol. The first kappa shape index (κ1) is 12.3. The third kappa shape index (κ3) is 2.58. The van der Waals surface area contributed by atoms with Crippen LogP contribution < -0.4 is 0 Å². The van der Waals surface area contributed by atoms with Crippen LogP contribution in [0.5, 0.6) is 0 Å². The van der Waals surface area contributed by atoms with E-state index in [2.05, 4.69) is 11.1 Å². The van der Waals surface area contributed by atoms with Crippen LogP contribution in [0, 0.1) is 0 Å². The van der Waals surface area contributed by atoms with Crippen LogP contribution in [-0.2, 0) is 6.54 Å². The fraction of sp³-hybridized carbons (Fsp3) is 0.462. The Bertz CT molecular complexity index is 457. The standard InChI is InChI=1S/C13H18N2OS/c1-3-13(16,4-2)10-15-8-7-14-12(15)11-6-5-9-17-11/h5-9,16H,3-4,10H2,1-2H3. The second-order valence-electron chi connectivity index (χ2n) is 4.29. The van der Waals surface area contributed by atoms with E-state index in [0.717, 1.165) is 23.5 Å². The monoisotopic (exact) mass is 250 g/mol. The van der Waals surface area contributed by atoms with Crippen molar-refractivity contribution < 1.29 is 5.11 Å². The Morgan fingerprint density at radius 1 is 1.41 bits per heavy atom. The Labute approximate surface area is 106 Å². The molecule has 0 atom stereocenters. The van der Waals surface area contributed by atoms with Crippen molar-refractivity contribution in [3.63, 3.8) is 0 Å². The fourth-order valence-corrected chi connectivity index (χ4v) is 2.59. The van der Waals surface area contributed by atoms with Crippen LogP contribution in [0.25, 0.3) is 10.7 Å². The van der Waals surface area contributed by atoms with E-state index in [1.54, 1.807) is 17.5 Å². The Morgan fingerprint density at radius 3 is 2.76 bits per heavy atom. The maximum atomic E-state index is 10.4. The molecule has 2 heterocycles. The summed E-state index contributed by atoms with van der Waals surface area (Å²) in [6, 6.07) is 4.07. The topological polar surface area (TPSA) is 38.0 Å². The van der Waals surface area contributed by atoms with Crippen LogP contribution in [0.4, 0.5) is 0 Å². The van der Waals surface area contributed by atoms with Crippen molar-refractivity contribution in [1.82, 2.24) is 9.55 Å². The first-order chi connectivity index (χ1) is 8.18. The summed E-state index contributed by atoms with van der Waals surface area (Å²) in [5, 5.41) is 12.4. The molecule has 4 heteroatoms. The van der Waals surface area contributed by atoms with Crippen LogP contribution in [0.2, 0.25) is 0 Å². The Morgan fingerprint density at radius 2 is 2.18 bits per heavy atom. The summed E-state index contributed by atoms with van der Waals surface area (Å²) in [6.45, 7) is 4.64. The molecule has 17 heavy (non-hydrogen) atoms. The summed E-state index contributed by atoms with van der Waals surface area (Å²) in [5.74, 6) is 0.945. The Kier molecular flexibility index (Phi) is 3.64. The molecule has 0 radical (unpaired) electrons. The van der Waals surface area contributed by atoms with E-state index in [1.165, 1.54) is 0 Å². The van der Waals surface area contributed by atoms with Crippen LogP contribution in [0.1, 0.15) is 26.7 Å². The quantitative estimate of drug-likeness (QED) is 0.885. The molecule has 0 unspecified atom stereocenters. The van der Waals surface area contributed by atoms with Crippen LogP contribution in [0.15, 0.2) is 29.9 Å². The van der Waals surface area contributed by atoms with E-state index in [1.807, 2.05) is 36.1 Å². The molecule has 2 rings (SSSR count). The van der Waals surface area contributed by atoms with Gasteiger partial charge in [0.15, 0.2) is 0 Å². The van der Waals surface area contributed by atoms with Gasteiger partial charge < -0.3 is 9.67 Å². The molecule has 0 aliphatic heterocycles. The van der Waals surface area contributed by atoms with E-state index >= 15 is 0 Å². The van der Waals surface area contributed by atoms with Gasteiger partial charge in [0.05, 0.1) is 17.0 Å². The van der Waals surface area contributed by atoms with Gasteiger partial charge in [0.2, 0.25) is 0 Å². The maximum Gasteiger partial charge on any atom is 0.150 e. The maximum absolute atomic E-state index is 10.4. The van der Waals surface area contributed by atoms with E-state index in [9.17, 15) is 5.11 Å². The van der Waals surface area contributed by atoms with Crippen molar-refractivity contribution in [2.75, 3.05) is 0 Å². The number of aliphatic hydroxyl groups is 1.